The second kappa shape index (κ2) is 9.73. The molecule has 1 aliphatic rings. The number of nitrogens with zero attached hydrogens (tertiary/aromatic N) is 3. The third-order valence-corrected chi connectivity index (χ3v) is 6.56. The highest BCUT2D eigenvalue weighted by Gasteiger charge is 2.20. The van der Waals surface area contributed by atoms with Gasteiger partial charge in [-0.25, -0.2) is 0 Å². The topological polar surface area (TPSA) is 47.9 Å². The molecule has 1 N–H and O–H groups in total. The number of hydrogen-bond donors (Lipinski definition) is 1. The minimum atomic E-state index is -0.995. The number of nitrogens with one attached hydrogen (secondary N) is 1. The van der Waals surface area contributed by atoms with Gasteiger partial charge < -0.3 is 15.1 Å². The summed E-state index contributed by atoms with van der Waals surface area (Å²) >= 11 is 1.79. The number of rotatable bonds is 6. The minimum absolute atomic E-state index is 0.550. The van der Waals surface area contributed by atoms with Gasteiger partial charge in [-0.3, -0.25) is 9.20 Å². The summed E-state index contributed by atoms with van der Waals surface area (Å²) in [6.07, 6.45) is 0. The predicted molar refractivity (Wildman–Crippen MR) is 112 cm³/mol. The Kier molecular flexibility index (Phi) is 7.08. The Morgan fingerprint density at radius 3 is 2.58 bits per heavy atom. The average Bonchev–Trinajstić information content (AvgIpc) is 3.23. The lowest BCUT2D eigenvalue weighted by molar-refractivity contribution is 0.374. The molecule has 5 nitrogen and oxygen atoms in total. The molecule has 1 aromatic heterocycles. The van der Waals surface area contributed by atoms with Crippen LogP contribution in [0.25, 0.3) is 0 Å². The summed E-state index contributed by atoms with van der Waals surface area (Å²) in [7, 11) is -0.995. The van der Waals surface area contributed by atoms with E-state index in [0.29, 0.717) is 12.3 Å². The first kappa shape index (κ1) is 18.9. The molecule has 1 fully saturated rings. The van der Waals surface area contributed by atoms with E-state index in [0.717, 1.165) is 43.6 Å². The van der Waals surface area contributed by atoms with Crippen molar-refractivity contribution in [1.29, 1.82) is 0 Å². The van der Waals surface area contributed by atoms with Crippen LogP contribution in [-0.2, 0) is 10.8 Å². The third-order valence-electron chi connectivity index (χ3n) is 4.28. The molecule has 2 heterocycles. The molecule has 140 valence electrons. The van der Waals surface area contributed by atoms with Gasteiger partial charge in [-0.1, -0.05) is 18.2 Å². The smallest absolute Gasteiger partial charge is 0.194 e. The molecular formula is C19H26N4OS2. The molecular weight excluding hydrogens is 364 g/mol. The van der Waals surface area contributed by atoms with E-state index >= 15 is 0 Å². The van der Waals surface area contributed by atoms with Gasteiger partial charge in [0.1, 0.15) is 0 Å². The van der Waals surface area contributed by atoms with Crippen molar-refractivity contribution in [2.24, 2.45) is 4.99 Å². The number of anilines is 1. The Morgan fingerprint density at radius 1 is 1.15 bits per heavy atom. The molecule has 2 aromatic rings. The first-order valence-electron chi connectivity index (χ1n) is 9.03. The van der Waals surface area contributed by atoms with E-state index in [1.54, 1.807) is 11.3 Å². The van der Waals surface area contributed by atoms with Crippen molar-refractivity contribution in [1.82, 2.24) is 10.2 Å². The van der Waals surface area contributed by atoms with Crippen molar-refractivity contribution < 1.29 is 4.21 Å². The first-order valence-corrected chi connectivity index (χ1v) is 11.2. The van der Waals surface area contributed by atoms with Crippen molar-refractivity contribution >= 4 is 33.1 Å². The Morgan fingerprint density at radius 2 is 1.92 bits per heavy atom. The Bertz CT molecular complexity index is 710. The summed E-state index contributed by atoms with van der Waals surface area (Å²) in [5.41, 5.74) is 0. The van der Waals surface area contributed by atoms with Crippen molar-refractivity contribution in [3.05, 3.63) is 47.8 Å². The Balaban J connectivity index is 1.53. The molecule has 0 aliphatic carbocycles. The van der Waals surface area contributed by atoms with Gasteiger partial charge in [0.25, 0.3) is 0 Å². The Hall–Kier alpha value is -1.86. The number of guanidine groups is 1. The van der Waals surface area contributed by atoms with Gasteiger partial charge in [-0.15, -0.1) is 11.3 Å². The van der Waals surface area contributed by atoms with Crippen molar-refractivity contribution in [3.8, 4) is 0 Å². The molecule has 1 atom stereocenters. The van der Waals surface area contributed by atoms with E-state index in [-0.39, 0.29) is 0 Å². The molecule has 0 radical (unpaired) electrons. The molecule has 0 spiro atoms. The quantitative estimate of drug-likeness (QED) is 0.609. The van der Waals surface area contributed by atoms with Gasteiger partial charge >= 0.3 is 0 Å². The fourth-order valence-electron chi connectivity index (χ4n) is 2.94. The van der Waals surface area contributed by atoms with E-state index in [2.05, 4.69) is 39.6 Å². The summed E-state index contributed by atoms with van der Waals surface area (Å²) in [6, 6.07) is 13.9. The van der Waals surface area contributed by atoms with Crippen LogP contribution in [-0.4, -0.2) is 60.1 Å². The summed E-state index contributed by atoms with van der Waals surface area (Å²) in [5.74, 6) is 1.48. The van der Waals surface area contributed by atoms with E-state index in [9.17, 15) is 4.21 Å². The molecule has 0 bridgehead atoms. The maximum absolute atomic E-state index is 12.3. The van der Waals surface area contributed by atoms with Crippen molar-refractivity contribution in [3.63, 3.8) is 0 Å². The van der Waals surface area contributed by atoms with E-state index in [1.165, 1.54) is 5.00 Å². The van der Waals surface area contributed by atoms with Crippen LogP contribution in [0.5, 0.6) is 0 Å². The molecule has 3 rings (SSSR count). The highest BCUT2D eigenvalue weighted by Crippen LogP contribution is 2.22. The molecule has 1 aliphatic heterocycles. The zero-order valence-corrected chi connectivity index (χ0v) is 16.8. The zero-order chi connectivity index (χ0) is 18.2. The van der Waals surface area contributed by atoms with E-state index in [4.69, 9.17) is 4.99 Å². The van der Waals surface area contributed by atoms with Crippen LogP contribution in [0.2, 0.25) is 0 Å². The monoisotopic (exact) mass is 390 g/mol. The summed E-state index contributed by atoms with van der Waals surface area (Å²) in [5, 5.41) is 6.84. The standard InChI is InChI=1S/C19H26N4OS2/c1-2-20-19(21-10-16-26(24)17-7-4-3-5-8-17)23-13-11-22(12-14-23)18-9-6-15-25-18/h3-9,15H,2,10-14,16H2,1H3,(H,20,21). The number of hydrogen-bond acceptors (Lipinski definition) is 4. The molecule has 1 aromatic carbocycles. The van der Waals surface area contributed by atoms with Gasteiger partial charge in [-0.05, 0) is 36.6 Å². The van der Waals surface area contributed by atoms with Gasteiger partial charge in [-0.2, -0.15) is 0 Å². The second-order valence-corrected chi connectivity index (χ2v) is 8.52. The lowest BCUT2D eigenvalue weighted by atomic mass is 10.3. The molecule has 7 heteroatoms. The highest BCUT2D eigenvalue weighted by atomic mass is 32.2. The van der Waals surface area contributed by atoms with Crippen LogP contribution in [0.1, 0.15) is 6.92 Å². The highest BCUT2D eigenvalue weighted by molar-refractivity contribution is 7.85. The number of benzene rings is 1. The van der Waals surface area contributed by atoms with Gasteiger partial charge in [0.15, 0.2) is 5.96 Å². The van der Waals surface area contributed by atoms with Gasteiger partial charge in [0, 0.05) is 43.4 Å². The number of thiophene rings is 1. The van der Waals surface area contributed by atoms with Crippen LogP contribution >= 0.6 is 11.3 Å². The SMILES string of the molecule is CCNC(=NCCS(=O)c1ccccc1)N1CCN(c2cccs2)CC1. The predicted octanol–water partition coefficient (Wildman–Crippen LogP) is 2.64. The fourth-order valence-corrected chi connectivity index (χ4v) is 4.68. The summed E-state index contributed by atoms with van der Waals surface area (Å²) in [4.78, 5) is 10.3. The lowest BCUT2D eigenvalue weighted by Gasteiger charge is -2.37. The lowest BCUT2D eigenvalue weighted by Crippen LogP contribution is -2.52. The van der Waals surface area contributed by atoms with E-state index in [1.807, 2.05) is 30.3 Å². The maximum Gasteiger partial charge on any atom is 0.194 e. The van der Waals surface area contributed by atoms with Crippen LogP contribution in [0, 0.1) is 0 Å². The summed E-state index contributed by atoms with van der Waals surface area (Å²) < 4.78 is 12.3. The molecule has 1 saturated heterocycles. The second-order valence-electron chi connectivity index (χ2n) is 6.02. The zero-order valence-electron chi connectivity index (χ0n) is 15.1. The number of aliphatic imine (C=N–C) groups is 1. The minimum Gasteiger partial charge on any atom is -0.360 e. The molecule has 0 saturated carbocycles. The third kappa shape index (κ3) is 5.08. The molecule has 26 heavy (non-hydrogen) atoms. The van der Waals surface area contributed by atoms with Crippen LogP contribution < -0.4 is 10.2 Å². The fraction of sp³-hybridized carbons (Fsp3) is 0.421. The molecule has 1 unspecified atom stereocenters. The normalized spacial score (nSPS) is 16.6. The van der Waals surface area contributed by atoms with Crippen LogP contribution in [0.3, 0.4) is 0 Å². The van der Waals surface area contributed by atoms with Crippen LogP contribution in [0.15, 0.2) is 57.7 Å². The van der Waals surface area contributed by atoms with Crippen molar-refractivity contribution in [2.75, 3.05) is 49.9 Å². The Labute approximate surface area is 162 Å². The van der Waals surface area contributed by atoms with Gasteiger partial charge in [0.05, 0.1) is 22.3 Å². The van der Waals surface area contributed by atoms with E-state index < -0.39 is 10.8 Å². The van der Waals surface area contributed by atoms with Gasteiger partial charge in [0.2, 0.25) is 0 Å². The first-order chi connectivity index (χ1) is 12.8. The average molecular weight is 391 g/mol. The summed E-state index contributed by atoms with van der Waals surface area (Å²) in [6.45, 7) is 7.39. The van der Waals surface area contributed by atoms with Crippen molar-refractivity contribution in [2.45, 2.75) is 11.8 Å². The maximum atomic E-state index is 12.3. The molecule has 0 amide bonds. The van der Waals surface area contributed by atoms with Crippen LogP contribution in [0.4, 0.5) is 5.00 Å². The number of piperazine rings is 1. The largest absolute Gasteiger partial charge is 0.360 e.